The van der Waals surface area contributed by atoms with Crippen LogP contribution in [0.25, 0.3) is 0 Å². The van der Waals surface area contributed by atoms with Crippen LogP contribution < -0.4 is 5.32 Å². The summed E-state index contributed by atoms with van der Waals surface area (Å²) in [6, 6.07) is 15.4. The molecule has 0 atom stereocenters. The highest BCUT2D eigenvalue weighted by molar-refractivity contribution is 7.89. The molecule has 34 heavy (non-hydrogen) atoms. The number of aryl methyl sites for hydroxylation is 1. The Morgan fingerprint density at radius 1 is 0.912 bits per heavy atom. The van der Waals surface area contributed by atoms with Crippen molar-refractivity contribution in [3.8, 4) is 0 Å². The van der Waals surface area contributed by atoms with Gasteiger partial charge in [0.25, 0.3) is 0 Å². The van der Waals surface area contributed by atoms with Crippen LogP contribution in [0.1, 0.15) is 62.6 Å². The lowest BCUT2D eigenvalue weighted by atomic mass is 10.1. The van der Waals surface area contributed by atoms with Gasteiger partial charge in [0.05, 0.1) is 4.90 Å². The second-order valence-electron chi connectivity index (χ2n) is 9.02. The lowest BCUT2D eigenvalue weighted by Gasteiger charge is -2.20. The van der Waals surface area contributed by atoms with Crippen LogP contribution in [0.15, 0.2) is 53.4 Å². The molecule has 3 rings (SSSR count). The van der Waals surface area contributed by atoms with Crippen LogP contribution in [0.5, 0.6) is 0 Å². The first-order valence-corrected chi connectivity index (χ1v) is 14.0. The molecule has 7 heteroatoms. The molecule has 1 amide bonds. The van der Waals surface area contributed by atoms with Crippen molar-refractivity contribution in [2.24, 2.45) is 0 Å². The largest absolute Gasteiger partial charge is 0.352 e. The summed E-state index contributed by atoms with van der Waals surface area (Å²) < 4.78 is 26.6. The van der Waals surface area contributed by atoms with Crippen LogP contribution >= 0.6 is 0 Å². The van der Waals surface area contributed by atoms with Gasteiger partial charge in [-0.15, -0.1) is 0 Å². The van der Waals surface area contributed by atoms with Gasteiger partial charge in [-0.3, -0.25) is 9.69 Å². The second-order valence-corrected chi connectivity index (χ2v) is 11.0. The van der Waals surface area contributed by atoms with E-state index in [1.807, 2.05) is 13.8 Å². The molecule has 186 valence electrons. The van der Waals surface area contributed by atoms with E-state index >= 15 is 0 Å². The van der Waals surface area contributed by atoms with Gasteiger partial charge < -0.3 is 5.32 Å². The molecular formula is C27H39N3O3S. The quantitative estimate of drug-likeness (QED) is 0.514. The summed E-state index contributed by atoms with van der Waals surface area (Å²) in [5.41, 5.74) is 3.37. The monoisotopic (exact) mass is 485 g/mol. The van der Waals surface area contributed by atoms with Crippen molar-refractivity contribution in [3.05, 3.63) is 65.2 Å². The third kappa shape index (κ3) is 7.65. The standard InChI is InChI=1S/C27H39N3O3S/c1-3-30(4-2)34(32,33)26-15-12-23(13-16-26)14-17-27(31)28-21-24-10-9-11-25(20-24)22-29-18-7-5-6-8-19-29/h9-13,15-16,20H,3-8,14,17-19,21-22H2,1-2H3,(H,28,31). The highest BCUT2D eigenvalue weighted by Gasteiger charge is 2.21. The number of benzene rings is 2. The predicted molar refractivity (Wildman–Crippen MR) is 137 cm³/mol. The molecule has 0 spiro atoms. The Morgan fingerprint density at radius 3 is 2.21 bits per heavy atom. The Morgan fingerprint density at radius 2 is 1.56 bits per heavy atom. The van der Waals surface area contributed by atoms with E-state index in [-0.39, 0.29) is 5.91 Å². The molecule has 1 aliphatic heterocycles. The van der Waals surface area contributed by atoms with Crippen molar-refractivity contribution in [2.45, 2.75) is 70.4 Å². The Bertz CT molecular complexity index is 1010. The number of sulfonamides is 1. The number of hydrogen-bond acceptors (Lipinski definition) is 4. The molecule has 0 unspecified atom stereocenters. The molecule has 0 aromatic heterocycles. The number of carbonyl (C=O) groups excluding carboxylic acids is 1. The minimum atomic E-state index is -3.45. The van der Waals surface area contributed by atoms with E-state index in [1.54, 1.807) is 24.3 Å². The van der Waals surface area contributed by atoms with Crippen LogP contribution in [0, 0.1) is 0 Å². The van der Waals surface area contributed by atoms with E-state index in [1.165, 1.54) is 48.6 Å². The average Bonchev–Trinajstić information content (AvgIpc) is 3.11. The topological polar surface area (TPSA) is 69.7 Å². The van der Waals surface area contributed by atoms with Gasteiger partial charge in [-0.05, 0) is 61.2 Å². The van der Waals surface area contributed by atoms with Gasteiger partial charge in [0.1, 0.15) is 0 Å². The molecule has 6 nitrogen and oxygen atoms in total. The predicted octanol–water partition coefficient (Wildman–Crippen LogP) is 4.34. The van der Waals surface area contributed by atoms with Crippen LogP contribution in [-0.2, 0) is 34.3 Å². The number of amides is 1. The first-order chi connectivity index (χ1) is 16.4. The maximum Gasteiger partial charge on any atom is 0.243 e. The minimum Gasteiger partial charge on any atom is -0.352 e. The lowest BCUT2D eigenvalue weighted by Crippen LogP contribution is -2.30. The van der Waals surface area contributed by atoms with E-state index in [0.717, 1.165) is 17.7 Å². The van der Waals surface area contributed by atoms with Crippen LogP contribution in [0.3, 0.4) is 0 Å². The zero-order chi connectivity index (χ0) is 24.4. The van der Waals surface area contributed by atoms with E-state index < -0.39 is 10.0 Å². The Kier molecular flexibility index (Phi) is 10.1. The fraction of sp³-hybridized carbons (Fsp3) is 0.519. The average molecular weight is 486 g/mol. The van der Waals surface area contributed by atoms with Crippen LogP contribution in [0.4, 0.5) is 0 Å². The molecule has 2 aromatic rings. The first kappa shape index (κ1) is 26.4. The van der Waals surface area contributed by atoms with Gasteiger partial charge in [0, 0.05) is 32.6 Å². The molecule has 1 N–H and O–H groups in total. The summed E-state index contributed by atoms with van der Waals surface area (Å²) >= 11 is 0. The van der Waals surface area contributed by atoms with E-state index in [9.17, 15) is 13.2 Å². The zero-order valence-electron chi connectivity index (χ0n) is 20.6. The van der Waals surface area contributed by atoms with Gasteiger partial charge in [-0.1, -0.05) is 63.1 Å². The zero-order valence-corrected chi connectivity index (χ0v) is 21.4. The number of nitrogens with one attached hydrogen (secondary N) is 1. The van der Waals surface area contributed by atoms with Crippen molar-refractivity contribution in [2.75, 3.05) is 26.2 Å². The van der Waals surface area contributed by atoms with Gasteiger partial charge in [0.15, 0.2) is 0 Å². The third-order valence-electron chi connectivity index (χ3n) is 6.49. The summed E-state index contributed by atoms with van der Waals surface area (Å²) in [5.74, 6) is -0.00207. The second kappa shape index (κ2) is 13.0. The molecule has 1 aliphatic rings. The maximum atomic E-state index is 12.6. The number of carbonyl (C=O) groups is 1. The molecular weight excluding hydrogens is 446 g/mol. The third-order valence-corrected chi connectivity index (χ3v) is 8.56. The van der Waals surface area contributed by atoms with Crippen molar-refractivity contribution < 1.29 is 13.2 Å². The Balaban J connectivity index is 1.46. The molecule has 1 saturated heterocycles. The summed E-state index contributed by atoms with van der Waals surface area (Å²) in [5, 5.41) is 3.02. The number of hydrogen-bond donors (Lipinski definition) is 1. The first-order valence-electron chi connectivity index (χ1n) is 12.6. The van der Waals surface area contributed by atoms with Gasteiger partial charge >= 0.3 is 0 Å². The maximum absolute atomic E-state index is 12.6. The van der Waals surface area contributed by atoms with Crippen LogP contribution in [0.2, 0.25) is 0 Å². The van der Waals surface area contributed by atoms with Crippen molar-refractivity contribution >= 4 is 15.9 Å². The van der Waals surface area contributed by atoms with E-state index in [4.69, 9.17) is 0 Å². The molecule has 2 aromatic carbocycles. The number of likely N-dealkylation sites (tertiary alicyclic amines) is 1. The minimum absolute atomic E-state index is 0.00207. The highest BCUT2D eigenvalue weighted by Crippen LogP contribution is 2.17. The lowest BCUT2D eigenvalue weighted by molar-refractivity contribution is -0.121. The number of rotatable bonds is 11. The van der Waals surface area contributed by atoms with Crippen molar-refractivity contribution in [1.29, 1.82) is 0 Å². The molecule has 1 fully saturated rings. The fourth-order valence-electron chi connectivity index (χ4n) is 4.48. The van der Waals surface area contributed by atoms with Crippen LogP contribution in [-0.4, -0.2) is 49.7 Å². The summed E-state index contributed by atoms with van der Waals surface area (Å²) in [4.78, 5) is 15.2. The molecule has 0 radical (unpaired) electrons. The van der Waals surface area contributed by atoms with Crippen molar-refractivity contribution in [1.82, 2.24) is 14.5 Å². The normalized spacial score (nSPS) is 15.3. The molecule has 1 heterocycles. The molecule has 0 aliphatic carbocycles. The summed E-state index contributed by atoms with van der Waals surface area (Å²) in [7, 11) is -3.45. The van der Waals surface area contributed by atoms with E-state index in [0.29, 0.717) is 37.4 Å². The molecule has 0 bridgehead atoms. The summed E-state index contributed by atoms with van der Waals surface area (Å²) in [6.45, 7) is 8.40. The smallest absolute Gasteiger partial charge is 0.243 e. The van der Waals surface area contributed by atoms with Gasteiger partial charge in [-0.2, -0.15) is 4.31 Å². The summed E-state index contributed by atoms with van der Waals surface area (Å²) in [6.07, 6.45) is 6.18. The van der Waals surface area contributed by atoms with E-state index in [2.05, 4.69) is 34.5 Å². The highest BCUT2D eigenvalue weighted by atomic mass is 32.2. The fourth-order valence-corrected chi connectivity index (χ4v) is 5.94. The molecule has 0 saturated carbocycles. The van der Waals surface area contributed by atoms with Gasteiger partial charge in [-0.25, -0.2) is 8.42 Å². The SMILES string of the molecule is CCN(CC)S(=O)(=O)c1ccc(CCC(=O)NCc2cccc(CN3CCCCCC3)c2)cc1. The van der Waals surface area contributed by atoms with Gasteiger partial charge in [0.2, 0.25) is 15.9 Å². The Hall–Kier alpha value is -2.22. The van der Waals surface area contributed by atoms with Crippen molar-refractivity contribution in [3.63, 3.8) is 0 Å². The number of nitrogens with zero attached hydrogens (tertiary/aromatic N) is 2. The Labute approximate surface area is 205 Å².